The molecular weight excluding hydrogens is 250 g/mol. The third kappa shape index (κ3) is 3.52. The highest BCUT2D eigenvalue weighted by Crippen LogP contribution is 2.24. The van der Waals surface area contributed by atoms with Gasteiger partial charge in [0.25, 0.3) is 0 Å². The van der Waals surface area contributed by atoms with E-state index >= 15 is 0 Å². The Morgan fingerprint density at radius 2 is 1.60 bits per heavy atom. The van der Waals surface area contributed by atoms with Crippen LogP contribution in [0.15, 0.2) is 54.6 Å². The van der Waals surface area contributed by atoms with Gasteiger partial charge in [0.2, 0.25) is 0 Å². The molecule has 106 valence electrons. The molecule has 0 saturated carbocycles. The molecule has 0 bridgehead atoms. The fraction of sp³-hybridized carbons (Fsp3) is 0.294. The third-order valence-electron chi connectivity index (χ3n) is 3.53. The molecule has 3 nitrogen and oxygen atoms in total. The second kappa shape index (κ2) is 6.44. The van der Waals surface area contributed by atoms with Gasteiger partial charge in [0.05, 0.1) is 6.10 Å². The lowest BCUT2D eigenvalue weighted by Crippen LogP contribution is -2.27. The number of aliphatic hydroxyl groups is 1. The highest BCUT2D eigenvalue weighted by molar-refractivity contribution is 5.48. The van der Waals surface area contributed by atoms with Gasteiger partial charge < -0.3 is 15.1 Å². The molecule has 0 radical (unpaired) electrons. The molecule has 2 atom stereocenters. The first-order valence-corrected chi connectivity index (χ1v) is 6.81. The lowest BCUT2D eigenvalue weighted by molar-refractivity contribution is 0.121. The van der Waals surface area contributed by atoms with Crippen LogP contribution in [0.25, 0.3) is 0 Å². The Morgan fingerprint density at radius 1 is 1.00 bits per heavy atom. The largest absolute Gasteiger partial charge is 0.508 e. The van der Waals surface area contributed by atoms with Crippen LogP contribution in [0.3, 0.4) is 0 Å². The summed E-state index contributed by atoms with van der Waals surface area (Å²) in [5.74, 6) is 0.371. The first-order valence-electron chi connectivity index (χ1n) is 6.81. The van der Waals surface area contributed by atoms with Gasteiger partial charge in [-0.05, 0) is 29.8 Å². The van der Waals surface area contributed by atoms with Crippen LogP contribution in [-0.4, -0.2) is 23.8 Å². The van der Waals surface area contributed by atoms with E-state index in [0.29, 0.717) is 0 Å². The van der Waals surface area contributed by atoms with E-state index in [2.05, 4.69) is 4.90 Å². The van der Waals surface area contributed by atoms with Crippen LogP contribution in [0.2, 0.25) is 0 Å². The Morgan fingerprint density at radius 3 is 2.20 bits per heavy atom. The number of phenols is 1. The van der Waals surface area contributed by atoms with Crippen molar-refractivity contribution < 1.29 is 10.2 Å². The third-order valence-corrected chi connectivity index (χ3v) is 3.53. The maximum Gasteiger partial charge on any atom is 0.115 e. The van der Waals surface area contributed by atoms with Gasteiger partial charge in [-0.25, -0.2) is 0 Å². The number of hydrogen-bond acceptors (Lipinski definition) is 3. The second-order valence-electron chi connectivity index (χ2n) is 5.23. The van der Waals surface area contributed by atoms with Gasteiger partial charge in [0, 0.05) is 25.2 Å². The summed E-state index contributed by atoms with van der Waals surface area (Å²) < 4.78 is 0. The van der Waals surface area contributed by atoms with Crippen molar-refractivity contribution in [2.75, 3.05) is 18.5 Å². The summed E-state index contributed by atoms with van der Waals surface area (Å²) in [5, 5.41) is 19.7. The molecule has 2 aromatic carbocycles. The summed E-state index contributed by atoms with van der Waals surface area (Å²) in [6, 6.07) is 16.8. The van der Waals surface area contributed by atoms with Gasteiger partial charge in [-0.2, -0.15) is 0 Å². The van der Waals surface area contributed by atoms with E-state index in [0.717, 1.165) is 17.8 Å². The zero-order valence-electron chi connectivity index (χ0n) is 11.9. The Bertz CT molecular complexity index is 524. The number of rotatable bonds is 5. The molecule has 2 aromatic rings. The van der Waals surface area contributed by atoms with Crippen molar-refractivity contribution in [1.82, 2.24) is 0 Å². The van der Waals surface area contributed by atoms with Crippen LogP contribution < -0.4 is 4.90 Å². The fourth-order valence-electron chi connectivity index (χ4n) is 2.32. The molecule has 0 aliphatic rings. The van der Waals surface area contributed by atoms with Crippen molar-refractivity contribution in [1.29, 1.82) is 0 Å². The Balaban J connectivity index is 2.00. The van der Waals surface area contributed by atoms with Crippen LogP contribution >= 0.6 is 0 Å². The maximum absolute atomic E-state index is 10.4. The van der Waals surface area contributed by atoms with Crippen molar-refractivity contribution in [3.8, 4) is 5.75 Å². The quantitative estimate of drug-likeness (QED) is 0.877. The minimum Gasteiger partial charge on any atom is -0.508 e. The fourth-order valence-corrected chi connectivity index (χ4v) is 2.32. The monoisotopic (exact) mass is 271 g/mol. The van der Waals surface area contributed by atoms with E-state index in [1.165, 1.54) is 0 Å². The van der Waals surface area contributed by atoms with Crippen LogP contribution in [0.1, 0.15) is 18.6 Å². The summed E-state index contributed by atoms with van der Waals surface area (Å²) in [4.78, 5) is 2.08. The van der Waals surface area contributed by atoms with E-state index in [4.69, 9.17) is 0 Å². The minimum atomic E-state index is -0.476. The summed E-state index contributed by atoms with van der Waals surface area (Å²) in [6.45, 7) is 2.77. The van der Waals surface area contributed by atoms with Gasteiger partial charge in [-0.3, -0.25) is 0 Å². The molecule has 20 heavy (non-hydrogen) atoms. The van der Waals surface area contributed by atoms with E-state index < -0.39 is 6.10 Å². The molecule has 0 aromatic heterocycles. The summed E-state index contributed by atoms with van der Waals surface area (Å²) in [5.41, 5.74) is 1.97. The maximum atomic E-state index is 10.4. The van der Waals surface area contributed by atoms with Crippen LogP contribution in [-0.2, 0) is 0 Å². The standard InChI is InChI=1S/C17H21NO2/c1-13(17(20)14-6-4-3-5-7-14)12-18(2)15-8-10-16(19)11-9-15/h3-11,13,17,19-20H,12H2,1-2H3. The molecule has 2 N–H and O–H groups in total. The first-order chi connectivity index (χ1) is 9.58. The van der Waals surface area contributed by atoms with Crippen LogP contribution in [0, 0.1) is 5.92 Å². The number of nitrogens with zero attached hydrogens (tertiary/aromatic N) is 1. The zero-order valence-corrected chi connectivity index (χ0v) is 11.9. The SMILES string of the molecule is CC(CN(C)c1ccc(O)cc1)C(O)c1ccccc1. The predicted molar refractivity (Wildman–Crippen MR) is 81.9 cm³/mol. The lowest BCUT2D eigenvalue weighted by atomic mass is 9.97. The number of aromatic hydroxyl groups is 1. The van der Waals surface area contributed by atoms with E-state index in [1.807, 2.05) is 56.4 Å². The van der Waals surface area contributed by atoms with Gasteiger partial charge in [0.1, 0.15) is 5.75 Å². The van der Waals surface area contributed by atoms with Crippen LogP contribution in [0.5, 0.6) is 5.75 Å². The summed E-state index contributed by atoms with van der Waals surface area (Å²) >= 11 is 0. The number of hydrogen-bond donors (Lipinski definition) is 2. The van der Waals surface area contributed by atoms with Crippen molar-refractivity contribution >= 4 is 5.69 Å². The van der Waals surface area contributed by atoms with Crippen molar-refractivity contribution in [2.45, 2.75) is 13.0 Å². The molecule has 0 aliphatic carbocycles. The Labute approximate surface area is 120 Å². The molecular formula is C17H21NO2. The average molecular weight is 271 g/mol. The van der Waals surface area contributed by atoms with Crippen molar-refractivity contribution in [3.05, 3.63) is 60.2 Å². The average Bonchev–Trinajstić information content (AvgIpc) is 2.48. The Kier molecular flexibility index (Phi) is 4.64. The highest BCUT2D eigenvalue weighted by atomic mass is 16.3. The van der Waals surface area contributed by atoms with Crippen molar-refractivity contribution in [3.63, 3.8) is 0 Å². The molecule has 2 rings (SSSR count). The first kappa shape index (κ1) is 14.4. The van der Waals surface area contributed by atoms with Gasteiger partial charge >= 0.3 is 0 Å². The molecule has 0 heterocycles. The molecule has 0 amide bonds. The molecule has 0 saturated heterocycles. The molecule has 0 fully saturated rings. The number of phenolic OH excluding ortho intramolecular Hbond substituents is 1. The smallest absolute Gasteiger partial charge is 0.115 e. The molecule has 3 heteroatoms. The lowest BCUT2D eigenvalue weighted by Gasteiger charge is -2.26. The normalized spacial score (nSPS) is 13.8. The zero-order chi connectivity index (χ0) is 14.5. The minimum absolute atomic E-state index is 0.108. The summed E-state index contributed by atoms with van der Waals surface area (Å²) in [6.07, 6.45) is -0.476. The molecule has 0 aliphatic heterocycles. The second-order valence-corrected chi connectivity index (χ2v) is 5.23. The van der Waals surface area contributed by atoms with Gasteiger partial charge in [-0.1, -0.05) is 37.3 Å². The molecule has 0 spiro atoms. The van der Waals surface area contributed by atoms with Crippen LogP contribution in [0.4, 0.5) is 5.69 Å². The van der Waals surface area contributed by atoms with E-state index in [-0.39, 0.29) is 11.7 Å². The van der Waals surface area contributed by atoms with E-state index in [1.54, 1.807) is 12.1 Å². The number of aliphatic hydroxyl groups excluding tert-OH is 1. The molecule has 2 unspecified atom stereocenters. The number of anilines is 1. The Hall–Kier alpha value is -2.00. The van der Waals surface area contributed by atoms with E-state index in [9.17, 15) is 10.2 Å². The van der Waals surface area contributed by atoms with Gasteiger partial charge in [-0.15, -0.1) is 0 Å². The predicted octanol–water partition coefficient (Wildman–Crippen LogP) is 3.20. The highest BCUT2D eigenvalue weighted by Gasteiger charge is 2.18. The summed E-state index contributed by atoms with van der Waals surface area (Å²) in [7, 11) is 1.99. The number of benzene rings is 2. The topological polar surface area (TPSA) is 43.7 Å². The van der Waals surface area contributed by atoms with Crippen molar-refractivity contribution in [2.24, 2.45) is 5.92 Å². The van der Waals surface area contributed by atoms with Gasteiger partial charge in [0.15, 0.2) is 0 Å².